The van der Waals surface area contributed by atoms with Crippen LogP contribution in [0.3, 0.4) is 0 Å². The van der Waals surface area contributed by atoms with Gasteiger partial charge in [0.05, 0.1) is 10.8 Å². The first kappa shape index (κ1) is 20.0. The van der Waals surface area contributed by atoms with Gasteiger partial charge in [0.1, 0.15) is 0 Å². The Balaban J connectivity index is 1.60. The first-order chi connectivity index (χ1) is 13.6. The average Bonchev–Trinajstić information content (AvgIpc) is 3.15. The molecule has 3 rings (SSSR count). The summed E-state index contributed by atoms with van der Waals surface area (Å²) in [5, 5.41) is 22.3. The Kier molecular flexibility index (Phi) is 6.72. The van der Waals surface area contributed by atoms with Gasteiger partial charge in [-0.15, -0.1) is 10.2 Å². The highest BCUT2D eigenvalue weighted by Gasteiger charge is 2.20. The second-order valence-electron chi connectivity index (χ2n) is 5.95. The Morgan fingerprint density at radius 1 is 1.21 bits per heavy atom. The fourth-order valence-corrected chi connectivity index (χ4v) is 4.37. The standard InChI is InChI=1S/C19H18N4O3S2/c1-2-16(14-8-4-3-5-9-14)17(24)20-18-21-22-19(28-18)27-12-13-7-6-10-15(11-13)23(25)26/h3-11,16H,2,12H2,1H3,(H,20,21,24)/t16-/m0/s1. The average molecular weight is 415 g/mol. The number of nitrogens with one attached hydrogen (secondary N) is 1. The number of non-ortho nitro benzene ring substituents is 1. The van der Waals surface area contributed by atoms with E-state index in [1.807, 2.05) is 43.3 Å². The molecule has 0 saturated heterocycles. The van der Waals surface area contributed by atoms with Crippen molar-refractivity contribution in [3.05, 3.63) is 75.8 Å². The summed E-state index contributed by atoms with van der Waals surface area (Å²) >= 11 is 2.71. The van der Waals surface area contributed by atoms with Crippen molar-refractivity contribution in [3.63, 3.8) is 0 Å². The molecule has 1 amide bonds. The second kappa shape index (κ2) is 9.43. The third-order valence-electron chi connectivity index (χ3n) is 4.05. The topological polar surface area (TPSA) is 98.0 Å². The molecule has 0 radical (unpaired) electrons. The van der Waals surface area contributed by atoms with Gasteiger partial charge in [0, 0.05) is 17.9 Å². The maximum Gasteiger partial charge on any atom is 0.269 e. The molecular formula is C19H18N4O3S2. The number of hydrogen-bond acceptors (Lipinski definition) is 7. The highest BCUT2D eigenvalue weighted by molar-refractivity contribution is 8.00. The van der Waals surface area contributed by atoms with Crippen LogP contribution in [0, 0.1) is 10.1 Å². The number of carbonyl (C=O) groups excluding carboxylic acids is 1. The van der Waals surface area contributed by atoms with Crippen molar-refractivity contribution >= 4 is 39.8 Å². The minimum atomic E-state index is -0.413. The van der Waals surface area contributed by atoms with Gasteiger partial charge in [0.2, 0.25) is 11.0 Å². The number of nitro benzene ring substituents is 1. The summed E-state index contributed by atoms with van der Waals surface area (Å²) in [6, 6.07) is 16.1. The number of anilines is 1. The van der Waals surface area contributed by atoms with E-state index >= 15 is 0 Å². The van der Waals surface area contributed by atoms with Gasteiger partial charge in [-0.1, -0.05) is 72.5 Å². The molecule has 0 aliphatic heterocycles. The monoisotopic (exact) mass is 414 g/mol. The molecule has 0 aliphatic rings. The summed E-state index contributed by atoms with van der Waals surface area (Å²) in [5.74, 6) is 0.178. The zero-order chi connectivity index (χ0) is 19.9. The molecule has 0 unspecified atom stereocenters. The van der Waals surface area contributed by atoms with Crippen LogP contribution < -0.4 is 5.32 Å². The van der Waals surface area contributed by atoms with Crippen molar-refractivity contribution in [1.29, 1.82) is 0 Å². The molecule has 2 aromatic carbocycles. The number of benzene rings is 2. The van der Waals surface area contributed by atoms with Crippen LogP contribution in [0.25, 0.3) is 0 Å². The SMILES string of the molecule is CC[C@H](C(=O)Nc1nnc(SCc2cccc([N+](=O)[O-])c2)s1)c1ccccc1. The predicted molar refractivity (Wildman–Crippen MR) is 111 cm³/mol. The second-order valence-corrected chi connectivity index (χ2v) is 8.15. The van der Waals surface area contributed by atoms with Crippen LogP contribution in [-0.2, 0) is 10.5 Å². The number of nitro groups is 1. The lowest BCUT2D eigenvalue weighted by Gasteiger charge is -2.13. The zero-order valence-corrected chi connectivity index (χ0v) is 16.7. The van der Waals surface area contributed by atoms with E-state index in [2.05, 4.69) is 15.5 Å². The lowest BCUT2D eigenvalue weighted by molar-refractivity contribution is -0.384. The van der Waals surface area contributed by atoms with E-state index < -0.39 is 4.92 Å². The fraction of sp³-hybridized carbons (Fsp3) is 0.211. The molecule has 1 atom stereocenters. The minimum absolute atomic E-state index is 0.0647. The number of hydrogen-bond donors (Lipinski definition) is 1. The Bertz CT molecular complexity index is 963. The van der Waals surface area contributed by atoms with E-state index in [4.69, 9.17) is 0 Å². The molecule has 0 bridgehead atoms. The molecule has 1 N–H and O–H groups in total. The quantitative estimate of drug-likeness (QED) is 0.244. The number of aromatic nitrogens is 2. The molecule has 0 spiro atoms. The lowest BCUT2D eigenvalue weighted by Crippen LogP contribution is -2.20. The van der Waals surface area contributed by atoms with Gasteiger partial charge < -0.3 is 0 Å². The van der Waals surface area contributed by atoms with E-state index in [0.717, 1.165) is 11.1 Å². The van der Waals surface area contributed by atoms with Crippen LogP contribution in [0.1, 0.15) is 30.4 Å². The fourth-order valence-electron chi connectivity index (χ4n) is 2.67. The van der Waals surface area contributed by atoms with Crippen molar-refractivity contribution < 1.29 is 9.72 Å². The van der Waals surface area contributed by atoms with Crippen molar-refractivity contribution in [2.75, 3.05) is 5.32 Å². The third-order valence-corrected chi connectivity index (χ3v) is 6.09. The van der Waals surface area contributed by atoms with Crippen molar-refractivity contribution in [2.45, 2.75) is 29.4 Å². The van der Waals surface area contributed by atoms with Crippen molar-refractivity contribution in [3.8, 4) is 0 Å². The van der Waals surface area contributed by atoms with Crippen molar-refractivity contribution in [2.24, 2.45) is 0 Å². The Morgan fingerprint density at radius 2 is 2.00 bits per heavy atom. The molecule has 7 nitrogen and oxygen atoms in total. The molecule has 1 aromatic heterocycles. The van der Waals surface area contributed by atoms with Gasteiger partial charge in [-0.05, 0) is 17.5 Å². The van der Waals surface area contributed by atoms with Crippen LogP contribution in [0.2, 0.25) is 0 Å². The Hall–Kier alpha value is -2.78. The van der Waals surface area contributed by atoms with Gasteiger partial charge in [-0.2, -0.15) is 0 Å². The van der Waals surface area contributed by atoms with Gasteiger partial charge >= 0.3 is 0 Å². The zero-order valence-electron chi connectivity index (χ0n) is 15.1. The van der Waals surface area contributed by atoms with E-state index in [1.54, 1.807) is 12.1 Å². The van der Waals surface area contributed by atoms with Crippen LogP contribution >= 0.6 is 23.1 Å². The highest BCUT2D eigenvalue weighted by Crippen LogP contribution is 2.30. The van der Waals surface area contributed by atoms with Crippen LogP contribution in [0.15, 0.2) is 58.9 Å². The van der Waals surface area contributed by atoms with E-state index in [1.165, 1.54) is 29.2 Å². The molecule has 3 aromatic rings. The molecule has 0 aliphatic carbocycles. The Labute approximate surface area is 170 Å². The van der Waals surface area contributed by atoms with Crippen LogP contribution in [-0.4, -0.2) is 21.0 Å². The molecule has 0 saturated carbocycles. The summed E-state index contributed by atoms with van der Waals surface area (Å²) < 4.78 is 0.689. The molecule has 9 heteroatoms. The van der Waals surface area contributed by atoms with Gasteiger partial charge in [0.15, 0.2) is 4.34 Å². The number of thioether (sulfide) groups is 1. The van der Waals surface area contributed by atoms with Gasteiger partial charge in [-0.25, -0.2) is 0 Å². The highest BCUT2D eigenvalue weighted by atomic mass is 32.2. The molecule has 1 heterocycles. The van der Waals surface area contributed by atoms with Gasteiger partial charge in [-0.3, -0.25) is 20.2 Å². The normalized spacial score (nSPS) is 11.8. The smallest absolute Gasteiger partial charge is 0.269 e. The molecule has 144 valence electrons. The predicted octanol–water partition coefficient (Wildman–Crippen LogP) is 4.87. The first-order valence-electron chi connectivity index (χ1n) is 8.62. The first-order valence-corrected chi connectivity index (χ1v) is 10.4. The molecule has 28 heavy (non-hydrogen) atoms. The van der Waals surface area contributed by atoms with E-state index in [9.17, 15) is 14.9 Å². The van der Waals surface area contributed by atoms with Crippen LogP contribution in [0.4, 0.5) is 10.8 Å². The maximum atomic E-state index is 12.6. The number of carbonyl (C=O) groups is 1. The number of nitrogens with zero attached hydrogens (tertiary/aromatic N) is 3. The molecular weight excluding hydrogens is 396 g/mol. The Morgan fingerprint density at radius 3 is 2.71 bits per heavy atom. The van der Waals surface area contributed by atoms with E-state index in [0.29, 0.717) is 21.6 Å². The largest absolute Gasteiger partial charge is 0.300 e. The number of amides is 1. The van der Waals surface area contributed by atoms with Crippen LogP contribution in [0.5, 0.6) is 0 Å². The summed E-state index contributed by atoms with van der Waals surface area (Å²) in [7, 11) is 0. The summed E-state index contributed by atoms with van der Waals surface area (Å²) in [6.45, 7) is 1.97. The maximum absolute atomic E-state index is 12.6. The number of rotatable bonds is 8. The van der Waals surface area contributed by atoms with E-state index in [-0.39, 0.29) is 17.5 Å². The summed E-state index contributed by atoms with van der Waals surface area (Å²) in [5.41, 5.74) is 1.86. The van der Waals surface area contributed by atoms with Gasteiger partial charge in [0.25, 0.3) is 5.69 Å². The van der Waals surface area contributed by atoms with Crippen molar-refractivity contribution in [1.82, 2.24) is 10.2 Å². The summed E-state index contributed by atoms with van der Waals surface area (Å²) in [4.78, 5) is 23.0. The minimum Gasteiger partial charge on any atom is -0.300 e. The summed E-state index contributed by atoms with van der Waals surface area (Å²) in [6.07, 6.45) is 0.684. The third kappa shape index (κ3) is 5.14. The molecule has 0 fully saturated rings. The lowest BCUT2D eigenvalue weighted by atomic mass is 9.96.